The average molecular weight is 465 g/mol. The van der Waals surface area contributed by atoms with Gasteiger partial charge in [-0.15, -0.1) is 11.3 Å². The summed E-state index contributed by atoms with van der Waals surface area (Å²) in [7, 11) is 0. The van der Waals surface area contributed by atoms with Crippen LogP contribution in [0.1, 0.15) is 33.2 Å². The van der Waals surface area contributed by atoms with E-state index in [2.05, 4.69) is 15.9 Å². The SMILES string of the molecule is CCOC(=O)c1c(N)sc(-c2ccc(Br)cc2)c1C(=O)c1ccc(Cl)cc1. The fourth-order valence-corrected chi connectivity index (χ4v) is 4.07. The zero-order valence-corrected chi connectivity index (χ0v) is 17.5. The molecule has 2 aromatic carbocycles. The van der Waals surface area contributed by atoms with Crippen molar-refractivity contribution in [3.8, 4) is 10.4 Å². The van der Waals surface area contributed by atoms with E-state index < -0.39 is 5.97 Å². The van der Waals surface area contributed by atoms with E-state index in [4.69, 9.17) is 22.1 Å². The molecule has 0 unspecified atom stereocenters. The minimum atomic E-state index is -0.605. The fraction of sp³-hybridized carbons (Fsp3) is 0.100. The van der Waals surface area contributed by atoms with Gasteiger partial charge in [0.1, 0.15) is 10.6 Å². The molecule has 27 heavy (non-hydrogen) atoms. The summed E-state index contributed by atoms with van der Waals surface area (Å²) in [5, 5.41) is 0.777. The molecule has 2 N–H and O–H groups in total. The molecule has 0 atom stereocenters. The number of esters is 1. The molecule has 0 amide bonds. The fourth-order valence-electron chi connectivity index (χ4n) is 2.62. The van der Waals surface area contributed by atoms with Crippen LogP contribution in [0.25, 0.3) is 10.4 Å². The Labute approximate surface area is 174 Å². The molecule has 0 aliphatic carbocycles. The van der Waals surface area contributed by atoms with Crippen LogP contribution in [0.2, 0.25) is 5.02 Å². The maximum Gasteiger partial charge on any atom is 0.341 e. The average Bonchev–Trinajstić information content (AvgIpc) is 3.00. The van der Waals surface area contributed by atoms with Crippen LogP contribution < -0.4 is 5.73 Å². The summed E-state index contributed by atoms with van der Waals surface area (Å²) >= 11 is 10.5. The van der Waals surface area contributed by atoms with Gasteiger partial charge in [0, 0.05) is 19.9 Å². The number of rotatable bonds is 5. The van der Waals surface area contributed by atoms with E-state index in [1.807, 2.05) is 24.3 Å². The minimum absolute atomic E-state index is 0.111. The number of nitrogen functional groups attached to an aromatic ring is 1. The van der Waals surface area contributed by atoms with Gasteiger partial charge < -0.3 is 10.5 Å². The zero-order chi connectivity index (χ0) is 19.6. The van der Waals surface area contributed by atoms with Gasteiger partial charge in [0.15, 0.2) is 5.78 Å². The molecule has 7 heteroatoms. The number of benzene rings is 2. The third-order valence-electron chi connectivity index (χ3n) is 3.85. The second-order valence-electron chi connectivity index (χ2n) is 5.61. The molecule has 138 valence electrons. The van der Waals surface area contributed by atoms with Crippen LogP contribution in [0.4, 0.5) is 5.00 Å². The van der Waals surface area contributed by atoms with Crippen molar-refractivity contribution in [2.24, 2.45) is 0 Å². The Kier molecular flexibility index (Phi) is 5.99. The topological polar surface area (TPSA) is 69.4 Å². The van der Waals surface area contributed by atoms with Crippen LogP contribution >= 0.6 is 38.9 Å². The monoisotopic (exact) mass is 463 g/mol. The Bertz CT molecular complexity index is 997. The zero-order valence-electron chi connectivity index (χ0n) is 14.3. The molecule has 0 saturated heterocycles. The van der Waals surface area contributed by atoms with Crippen LogP contribution in [-0.4, -0.2) is 18.4 Å². The van der Waals surface area contributed by atoms with E-state index in [1.165, 1.54) is 11.3 Å². The highest BCUT2D eigenvalue weighted by Gasteiger charge is 2.29. The number of hydrogen-bond donors (Lipinski definition) is 1. The van der Waals surface area contributed by atoms with Gasteiger partial charge in [-0.2, -0.15) is 0 Å². The first-order valence-corrected chi connectivity index (χ1v) is 10.1. The van der Waals surface area contributed by atoms with Crippen molar-refractivity contribution in [1.29, 1.82) is 0 Å². The summed E-state index contributed by atoms with van der Waals surface area (Å²) in [5.74, 6) is -0.910. The molecule has 3 rings (SSSR count). The number of carbonyl (C=O) groups is 2. The molecule has 0 fully saturated rings. The van der Waals surface area contributed by atoms with Gasteiger partial charge in [-0.25, -0.2) is 4.79 Å². The number of halogens is 2. The van der Waals surface area contributed by atoms with E-state index in [0.717, 1.165) is 10.0 Å². The Balaban J connectivity index is 2.21. The van der Waals surface area contributed by atoms with Gasteiger partial charge >= 0.3 is 5.97 Å². The Hall–Kier alpha value is -2.15. The van der Waals surface area contributed by atoms with Crippen LogP contribution in [-0.2, 0) is 4.74 Å². The lowest BCUT2D eigenvalue weighted by Gasteiger charge is -2.08. The van der Waals surface area contributed by atoms with Crippen LogP contribution in [0, 0.1) is 0 Å². The van der Waals surface area contributed by atoms with Crippen molar-refractivity contribution in [3.63, 3.8) is 0 Å². The van der Waals surface area contributed by atoms with Crippen molar-refractivity contribution in [2.45, 2.75) is 6.92 Å². The summed E-state index contributed by atoms with van der Waals surface area (Å²) in [6.45, 7) is 1.90. The van der Waals surface area contributed by atoms with Crippen LogP contribution in [0.3, 0.4) is 0 Å². The maximum atomic E-state index is 13.3. The smallest absolute Gasteiger partial charge is 0.341 e. The molecule has 0 radical (unpaired) electrons. The molecular formula is C20H15BrClNO3S. The molecule has 0 aliphatic heterocycles. The van der Waals surface area contributed by atoms with Gasteiger partial charge in [-0.05, 0) is 48.9 Å². The number of ketones is 1. The molecule has 1 heterocycles. The summed E-state index contributed by atoms with van der Waals surface area (Å²) < 4.78 is 6.04. The maximum absolute atomic E-state index is 13.3. The van der Waals surface area contributed by atoms with Gasteiger partial charge in [0.2, 0.25) is 0 Å². The summed E-state index contributed by atoms with van der Waals surface area (Å²) in [6, 6.07) is 14.0. The quantitative estimate of drug-likeness (QED) is 0.381. The van der Waals surface area contributed by atoms with Crippen molar-refractivity contribution >= 4 is 55.6 Å². The highest BCUT2D eigenvalue weighted by molar-refractivity contribution is 9.10. The Morgan fingerprint density at radius 2 is 1.70 bits per heavy atom. The lowest BCUT2D eigenvalue weighted by molar-refractivity contribution is 0.0525. The number of nitrogens with two attached hydrogens (primary N) is 1. The molecule has 0 bridgehead atoms. The van der Waals surface area contributed by atoms with E-state index in [9.17, 15) is 9.59 Å². The molecule has 4 nitrogen and oxygen atoms in total. The van der Waals surface area contributed by atoms with Crippen molar-refractivity contribution in [1.82, 2.24) is 0 Å². The molecule has 0 saturated carbocycles. The number of thiophene rings is 1. The minimum Gasteiger partial charge on any atom is -0.462 e. The van der Waals surface area contributed by atoms with Gasteiger partial charge in [0.05, 0.1) is 12.2 Å². The molecular weight excluding hydrogens is 450 g/mol. The van der Waals surface area contributed by atoms with E-state index in [0.29, 0.717) is 15.5 Å². The van der Waals surface area contributed by atoms with Gasteiger partial charge in [-0.3, -0.25) is 4.79 Å². The van der Waals surface area contributed by atoms with Crippen molar-refractivity contribution in [2.75, 3.05) is 12.3 Å². The second kappa shape index (κ2) is 8.25. The summed E-state index contributed by atoms with van der Waals surface area (Å²) in [6.07, 6.45) is 0. The Morgan fingerprint density at radius 1 is 1.07 bits per heavy atom. The lowest BCUT2D eigenvalue weighted by atomic mass is 9.97. The first-order chi connectivity index (χ1) is 12.9. The highest BCUT2D eigenvalue weighted by Crippen LogP contribution is 2.40. The van der Waals surface area contributed by atoms with Crippen molar-refractivity contribution < 1.29 is 14.3 Å². The Morgan fingerprint density at radius 3 is 2.30 bits per heavy atom. The molecule has 0 aliphatic rings. The number of hydrogen-bond acceptors (Lipinski definition) is 5. The van der Waals surface area contributed by atoms with E-state index in [1.54, 1.807) is 31.2 Å². The van der Waals surface area contributed by atoms with Crippen molar-refractivity contribution in [3.05, 3.63) is 74.7 Å². The van der Waals surface area contributed by atoms with Crippen LogP contribution in [0.15, 0.2) is 53.0 Å². The third kappa shape index (κ3) is 4.08. The normalized spacial score (nSPS) is 10.6. The lowest BCUT2D eigenvalue weighted by Crippen LogP contribution is -2.13. The highest BCUT2D eigenvalue weighted by atomic mass is 79.9. The van der Waals surface area contributed by atoms with Gasteiger partial charge in [-0.1, -0.05) is 39.7 Å². The number of ether oxygens (including phenoxy) is 1. The second-order valence-corrected chi connectivity index (χ2v) is 8.01. The molecule has 1 aromatic heterocycles. The summed E-state index contributed by atoms with van der Waals surface area (Å²) in [4.78, 5) is 26.4. The number of carbonyl (C=O) groups excluding carboxylic acids is 2. The molecule has 0 spiro atoms. The first kappa shape index (κ1) is 19.6. The van der Waals surface area contributed by atoms with E-state index >= 15 is 0 Å². The largest absolute Gasteiger partial charge is 0.462 e. The summed E-state index contributed by atoms with van der Waals surface area (Å²) in [5.41, 5.74) is 7.69. The first-order valence-electron chi connectivity index (χ1n) is 8.08. The van der Waals surface area contributed by atoms with Gasteiger partial charge in [0.25, 0.3) is 0 Å². The predicted octanol–water partition coefficient (Wildman–Crippen LogP) is 5.82. The standard InChI is InChI=1S/C20H15BrClNO3S/c1-2-26-20(25)16-15(17(24)11-5-9-14(22)10-6-11)18(27-19(16)23)12-3-7-13(21)8-4-12/h3-10H,2,23H2,1H3. The third-order valence-corrected chi connectivity index (χ3v) is 5.70. The molecule has 3 aromatic rings. The number of anilines is 1. The van der Waals surface area contributed by atoms with E-state index in [-0.39, 0.29) is 28.5 Å². The predicted molar refractivity (Wildman–Crippen MR) is 113 cm³/mol. The van der Waals surface area contributed by atoms with Crippen LogP contribution in [0.5, 0.6) is 0 Å².